The van der Waals surface area contributed by atoms with Crippen molar-refractivity contribution < 1.29 is 0 Å². The van der Waals surface area contributed by atoms with E-state index in [2.05, 4.69) is 26.3 Å². The zero-order valence-electron chi connectivity index (χ0n) is 16.5. The van der Waals surface area contributed by atoms with Crippen LogP contribution in [0.4, 0.5) is 5.82 Å². The van der Waals surface area contributed by atoms with Crippen molar-refractivity contribution in [1.29, 1.82) is 5.26 Å². The number of benzene rings is 2. The van der Waals surface area contributed by atoms with Crippen LogP contribution < -0.4 is 10.2 Å². The fraction of sp³-hybridized carbons (Fsp3) is 0.217. The van der Waals surface area contributed by atoms with Gasteiger partial charge in [0.1, 0.15) is 12.1 Å². The summed E-state index contributed by atoms with van der Waals surface area (Å²) in [7, 11) is 0. The number of nitriles is 1. The summed E-state index contributed by atoms with van der Waals surface area (Å²) in [6, 6.07) is 16.0. The van der Waals surface area contributed by atoms with Gasteiger partial charge in [-0.05, 0) is 17.5 Å². The molecule has 0 unspecified atom stereocenters. The summed E-state index contributed by atoms with van der Waals surface area (Å²) in [6.45, 7) is 2.26. The van der Waals surface area contributed by atoms with Crippen molar-refractivity contribution in [3.63, 3.8) is 0 Å². The van der Waals surface area contributed by atoms with Gasteiger partial charge in [-0.3, -0.25) is 0 Å². The zero-order chi connectivity index (χ0) is 21.4. The Bertz CT molecular complexity index is 1330. The molecular formula is C23H18Cl2N6. The van der Waals surface area contributed by atoms with E-state index in [1.54, 1.807) is 0 Å². The Morgan fingerprint density at radius 1 is 1.13 bits per heavy atom. The Labute approximate surface area is 189 Å². The third-order valence-electron chi connectivity index (χ3n) is 5.56. The van der Waals surface area contributed by atoms with Gasteiger partial charge in [-0.25, -0.2) is 15.0 Å². The molecule has 0 aliphatic carbocycles. The fourth-order valence-electron chi connectivity index (χ4n) is 4.15. The summed E-state index contributed by atoms with van der Waals surface area (Å²) >= 11 is 13.3. The van der Waals surface area contributed by atoms with E-state index in [9.17, 15) is 0 Å². The molecular weight excluding hydrogens is 431 g/mol. The molecule has 0 radical (unpaired) electrons. The van der Waals surface area contributed by atoms with Crippen LogP contribution in [0.15, 0.2) is 48.8 Å². The molecule has 0 saturated carbocycles. The van der Waals surface area contributed by atoms with Crippen molar-refractivity contribution in [2.45, 2.75) is 12.5 Å². The van der Waals surface area contributed by atoms with Gasteiger partial charge in [0.2, 0.25) is 0 Å². The van der Waals surface area contributed by atoms with Gasteiger partial charge in [0.25, 0.3) is 0 Å². The fourth-order valence-corrected chi connectivity index (χ4v) is 4.68. The lowest BCUT2D eigenvalue weighted by atomic mass is 10.0. The number of nitrogens with zero attached hydrogens (tertiary/aromatic N) is 5. The molecule has 1 saturated heterocycles. The Kier molecular flexibility index (Phi) is 5.33. The summed E-state index contributed by atoms with van der Waals surface area (Å²) in [5.74, 6) is 0.784. The van der Waals surface area contributed by atoms with Crippen LogP contribution in [0.2, 0.25) is 10.0 Å². The lowest BCUT2D eigenvalue weighted by molar-refractivity contribution is 0.461. The number of aromatic nitrogens is 3. The molecule has 3 heterocycles. The molecule has 6 nitrogen and oxygen atoms in total. The molecule has 4 aromatic rings. The molecule has 8 heteroatoms. The minimum atomic E-state index is 0.101. The maximum absolute atomic E-state index is 9.05. The van der Waals surface area contributed by atoms with Gasteiger partial charge in [-0.15, -0.1) is 0 Å². The summed E-state index contributed by atoms with van der Waals surface area (Å²) in [4.78, 5) is 15.9. The minimum absolute atomic E-state index is 0.101. The van der Waals surface area contributed by atoms with E-state index in [-0.39, 0.29) is 6.04 Å². The Hall–Kier alpha value is -2.98. The first-order valence-electron chi connectivity index (χ1n) is 10.00. The average molecular weight is 449 g/mol. The van der Waals surface area contributed by atoms with Gasteiger partial charge in [-0.2, -0.15) is 5.26 Å². The first-order valence-corrected chi connectivity index (χ1v) is 10.8. The SMILES string of the molecule is N#CC[C@H]1CN(c2ncnc3nc(-c4cccc5cccc(Cl)c45)c(Cl)cc23)CCN1. The third kappa shape index (κ3) is 3.66. The van der Waals surface area contributed by atoms with Crippen LogP contribution >= 0.6 is 23.2 Å². The molecule has 0 spiro atoms. The standard InChI is InChI=1S/C23H18Cl2N6/c24-18-6-2-4-14-3-1-5-16(20(14)18)21-19(25)11-17-22(30-21)28-13-29-23(17)31-10-9-27-15(12-31)7-8-26/h1-6,11,13,15,27H,7,9-10,12H2/t15-/m0/s1. The Morgan fingerprint density at radius 3 is 2.81 bits per heavy atom. The molecule has 1 aliphatic heterocycles. The Morgan fingerprint density at radius 2 is 1.97 bits per heavy atom. The molecule has 1 fully saturated rings. The number of rotatable bonds is 3. The van der Waals surface area contributed by atoms with E-state index < -0.39 is 0 Å². The summed E-state index contributed by atoms with van der Waals surface area (Å²) in [6.07, 6.45) is 1.98. The third-order valence-corrected chi connectivity index (χ3v) is 6.16. The second kappa shape index (κ2) is 8.27. The van der Waals surface area contributed by atoms with E-state index in [0.717, 1.165) is 40.6 Å². The monoisotopic (exact) mass is 448 g/mol. The topological polar surface area (TPSA) is 77.7 Å². The highest BCUT2D eigenvalue weighted by Crippen LogP contribution is 2.38. The molecule has 0 bridgehead atoms. The average Bonchev–Trinajstić information content (AvgIpc) is 2.78. The van der Waals surface area contributed by atoms with E-state index in [4.69, 9.17) is 33.4 Å². The summed E-state index contributed by atoms with van der Waals surface area (Å²) in [5.41, 5.74) is 2.08. The van der Waals surface area contributed by atoms with E-state index >= 15 is 0 Å². The maximum atomic E-state index is 9.05. The number of fused-ring (bicyclic) bond motifs is 2. The predicted molar refractivity (Wildman–Crippen MR) is 125 cm³/mol. The van der Waals surface area contributed by atoms with E-state index in [0.29, 0.717) is 34.4 Å². The molecule has 2 aromatic carbocycles. The van der Waals surface area contributed by atoms with Crippen LogP contribution in [0.25, 0.3) is 33.1 Å². The number of halogens is 2. The van der Waals surface area contributed by atoms with Crippen molar-refractivity contribution in [1.82, 2.24) is 20.3 Å². The van der Waals surface area contributed by atoms with Crippen molar-refractivity contribution in [2.24, 2.45) is 0 Å². The first-order chi connectivity index (χ1) is 15.2. The van der Waals surface area contributed by atoms with Gasteiger partial charge in [0, 0.05) is 41.6 Å². The first kappa shape index (κ1) is 20.0. The van der Waals surface area contributed by atoms with Crippen LogP contribution in [-0.2, 0) is 0 Å². The minimum Gasteiger partial charge on any atom is -0.353 e. The highest BCUT2D eigenvalue weighted by Gasteiger charge is 2.23. The second-order valence-electron chi connectivity index (χ2n) is 7.49. The smallest absolute Gasteiger partial charge is 0.165 e. The van der Waals surface area contributed by atoms with Crippen molar-refractivity contribution in [2.75, 3.05) is 24.5 Å². The van der Waals surface area contributed by atoms with Crippen molar-refractivity contribution in [3.05, 3.63) is 58.8 Å². The molecule has 5 rings (SSSR count). The van der Waals surface area contributed by atoms with Gasteiger partial charge in [0.05, 0.1) is 28.6 Å². The van der Waals surface area contributed by atoms with Crippen LogP contribution in [0.5, 0.6) is 0 Å². The van der Waals surface area contributed by atoms with Crippen molar-refractivity contribution in [3.8, 4) is 17.3 Å². The van der Waals surface area contributed by atoms with Crippen LogP contribution in [-0.4, -0.2) is 40.6 Å². The molecule has 0 amide bonds. The molecule has 1 N–H and O–H groups in total. The normalized spacial score (nSPS) is 16.5. The van der Waals surface area contributed by atoms with Gasteiger partial charge < -0.3 is 10.2 Å². The van der Waals surface area contributed by atoms with Gasteiger partial charge >= 0.3 is 0 Å². The number of piperazine rings is 1. The number of hydrogen-bond acceptors (Lipinski definition) is 6. The highest BCUT2D eigenvalue weighted by atomic mass is 35.5. The number of hydrogen-bond donors (Lipinski definition) is 1. The van der Waals surface area contributed by atoms with Crippen molar-refractivity contribution >= 4 is 50.8 Å². The lowest BCUT2D eigenvalue weighted by Crippen LogP contribution is -2.50. The maximum Gasteiger partial charge on any atom is 0.165 e. The van der Waals surface area contributed by atoms with Gasteiger partial charge in [0.15, 0.2) is 5.65 Å². The Balaban J connectivity index is 1.63. The van der Waals surface area contributed by atoms with Crippen LogP contribution in [0.1, 0.15) is 6.42 Å². The summed E-state index contributed by atoms with van der Waals surface area (Å²) < 4.78 is 0. The van der Waals surface area contributed by atoms with E-state index in [1.807, 2.05) is 42.5 Å². The number of anilines is 1. The van der Waals surface area contributed by atoms with E-state index in [1.165, 1.54) is 6.33 Å². The molecule has 1 atom stereocenters. The second-order valence-corrected chi connectivity index (χ2v) is 8.30. The predicted octanol–water partition coefficient (Wildman–Crippen LogP) is 4.84. The highest BCUT2D eigenvalue weighted by molar-refractivity contribution is 6.38. The molecule has 1 aliphatic rings. The van der Waals surface area contributed by atoms with Crippen LogP contribution in [0.3, 0.4) is 0 Å². The lowest BCUT2D eigenvalue weighted by Gasteiger charge is -2.34. The molecule has 2 aromatic heterocycles. The molecule has 31 heavy (non-hydrogen) atoms. The molecule has 154 valence electrons. The quantitative estimate of drug-likeness (QED) is 0.482. The zero-order valence-corrected chi connectivity index (χ0v) is 18.0. The summed E-state index contributed by atoms with van der Waals surface area (Å²) in [5, 5.41) is 16.3. The number of nitrogens with one attached hydrogen (secondary N) is 1. The largest absolute Gasteiger partial charge is 0.353 e. The number of pyridine rings is 1. The van der Waals surface area contributed by atoms with Gasteiger partial charge in [-0.1, -0.05) is 53.5 Å². The van der Waals surface area contributed by atoms with Crippen LogP contribution in [0, 0.1) is 11.3 Å².